The van der Waals surface area contributed by atoms with Crippen LogP contribution in [0.2, 0.25) is 0 Å². The highest BCUT2D eigenvalue weighted by atomic mass is 16.2. The van der Waals surface area contributed by atoms with E-state index in [1.807, 2.05) is 18.7 Å². The summed E-state index contributed by atoms with van der Waals surface area (Å²) in [6.07, 6.45) is 7.75. The van der Waals surface area contributed by atoms with Gasteiger partial charge >= 0.3 is 0 Å². The molecule has 0 radical (unpaired) electrons. The zero-order valence-electron chi connectivity index (χ0n) is 22.5. The molecule has 1 saturated carbocycles. The van der Waals surface area contributed by atoms with E-state index in [0.29, 0.717) is 24.8 Å². The summed E-state index contributed by atoms with van der Waals surface area (Å²) >= 11 is 0. The fourth-order valence-electron chi connectivity index (χ4n) is 2.99. The van der Waals surface area contributed by atoms with E-state index in [4.69, 9.17) is 11.5 Å². The number of ketones is 1. The van der Waals surface area contributed by atoms with Crippen LogP contribution in [0.5, 0.6) is 0 Å². The summed E-state index contributed by atoms with van der Waals surface area (Å²) in [4.78, 5) is 44.9. The molecule has 1 aliphatic carbocycles. The first-order valence-corrected chi connectivity index (χ1v) is 12.6. The Morgan fingerprint density at radius 2 is 1.55 bits per heavy atom. The Hall–Kier alpha value is -1.96. The van der Waals surface area contributed by atoms with E-state index in [-0.39, 0.29) is 12.5 Å². The first kappa shape index (κ1) is 35.6. The number of nitrogens with zero attached hydrogens (tertiary/aromatic N) is 1. The minimum absolute atomic E-state index is 0.0880. The number of hydrogen-bond acceptors (Lipinski definition) is 5. The van der Waals surface area contributed by atoms with Crippen molar-refractivity contribution >= 4 is 24.0 Å². The molecule has 0 aromatic carbocycles. The summed E-state index contributed by atoms with van der Waals surface area (Å²) in [6.45, 7) is 17.9. The number of carbonyl (C=O) groups excluding carboxylic acids is 4. The fraction of sp³-hybridized carbons (Fsp3) is 0.840. The third-order valence-corrected chi connectivity index (χ3v) is 4.67. The molecule has 8 heteroatoms. The van der Waals surface area contributed by atoms with Crippen LogP contribution < -0.4 is 16.8 Å². The van der Waals surface area contributed by atoms with Gasteiger partial charge in [-0.3, -0.25) is 19.2 Å². The van der Waals surface area contributed by atoms with Crippen LogP contribution in [0.25, 0.3) is 0 Å². The molecule has 2 fully saturated rings. The van der Waals surface area contributed by atoms with E-state index in [1.54, 1.807) is 0 Å². The number of amides is 3. The number of Topliss-reactive ketones (excluding diaryl/α,β-unsaturated/α-hetero) is 1. The van der Waals surface area contributed by atoms with Crippen molar-refractivity contribution in [3.63, 3.8) is 0 Å². The minimum Gasteiger partial charge on any atom is -0.363 e. The molecule has 0 aromatic rings. The van der Waals surface area contributed by atoms with Crippen molar-refractivity contribution in [3.8, 4) is 0 Å². The first-order chi connectivity index (χ1) is 15.5. The van der Waals surface area contributed by atoms with Gasteiger partial charge in [-0.25, -0.2) is 0 Å². The first-order valence-electron chi connectivity index (χ1n) is 12.6. The molecule has 8 nitrogen and oxygen atoms in total. The number of hydrogen-bond donors (Lipinski definition) is 3. The largest absolute Gasteiger partial charge is 0.363 e. The number of carbonyl (C=O) groups is 4. The van der Waals surface area contributed by atoms with Crippen LogP contribution in [0.15, 0.2) is 0 Å². The summed E-state index contributed by atoms with van der Waals surface area (Å²) in [6, 6.07) is -0.314. The van der Waals surface area contributed by atoms with Crippen LogP contribution in [0.4, 0.5) is 0 Å². The van der Waals surface area contributed by atoms with Crippen molar-refractivity contribution in [3.05, 3.63) is 0 Å². The average Bonchev–Trinajstić information content (AvgIpc) is 3.16. The maximum atomic E-state index is 11.2. The number of likely N-dealkylation sites (tertiary alicyclic amines) is 1. The molecule has 0 aromatic heterocycles. The Bertz CT molecular complexity index is 520. The number of primary amides is 1. The molecule has 2 aliphatic rings. The highest BCUT2D eigenvalue weighted by Gasteiger charge is 2.28. The molecule has 0 bridgehead atoms. The van der Waals surface area contributed by atoms with Crippen LogP contribution in [0.1, 0.15) is 100 Å². The van der Waals surface area contributed by atoms with Gasteiger partial charge in [-0.1, -0.05) is 74.1 Å². The topological polar surface area (TPSA) is 136 Å². The molecular weight excluding hydrogens is 420 g/mol. The maximum absolute atomic E-state index is 11.2. The average molecular weight is 473 g/mol. The van der Waals surface area contributed by atoms with Gasteiger partial charge in [-0.2, -0.15) is 0 Å². The summed E-state index contributed by atoms with van der Waals surface area (Å²) in [5.74, 6) is -0.326. The van der Waals surface area contributed by atoms with E-state index >= 15 is 0 Å². The van der Waals surface area contributed by atoms with E-state index in [9.17, 15) is 19.2 Å². The van der Waals surface area contributed by atoms with E-state index in [0.717, 1.165) is 44.6 Å². The SMILES string of the molecule is CC.CC(C)C.CC1CCCN1C(=O)CN.CCC.NC(=O)C(=O)C(CC1CCC1)NC=O. The third-order valence-electron chi connectivity index (χ3n) is 4.67. The van der Waals surface area contributed by atoms with Crippen LogP contribution >= 0.6 is 0 Å². The Balaban J connectivity index is -0.000000412. The Morgan fingerprint density at radius 1 is 1.06 bits per heavy atom. The van der Waals surface area contributed by atoms with E-state index in [1.165, 1.54) is 6.42 Å². The predicted octanol–water partition coefficient (Wildman–Crippen LogP) is 3.41. The molecule has 196 valence electrons. The van der Waals surface area contributed by atoms with Crippen molar-refractivity contribution < 1.29 is 19.2 Å². The molecule has 1 aliphatic heterocycles. The van der Waals surface area contributed by atoms with Gasteiger partial charge in [0.25, 0.3) is 5.91 Å². The van der Waals surface area contributed by atoms with Crippen LogP contribution in [0.3, 0.4) is 0 Å². The molecule has 1 saturated heterocycles. The van der Waals surface area contributed by atoms with Crippen LogP contribution in [-0.4, -0.2) is 54.1 Å². The molecule has 2 unspecified atom stereocenters. The van der Waals surface area contributed by atoms with Gasteiger partial charge in [-0.05, 0) is 38.0 Å². The monoisotopic (exact) mass is 472 g/mol. The summed E-state index contributed by atoms with van der Waals surface area (Å²) in [7, 11) is 0. The van der Waals surface area contributed by atoms with Crippen molar-refractivity contribution in [2.45, 2.75) is 112 Å². The quantitative estimate of drug-likeness (QED) is 0.385. The summed E-state index contributed by atoms with van der Waals surface area (Å²) in [5, 5.41) is 2.33. The Labute approximate surface area is 202 Å². The van der Waals surface area contributed by atoms with Crippen molar-refractivity contribution in [2.75, 3.05) is 13.1 Å². The molecule has 2 atom stereocenters. The lowest BCUT2D eigenvalue weighted by molar-refractivity contribution is -0.138. The van der Waals surface area contributed by atoms with E-state index in [2.05, 4.69) is 46.9 Å². The molecular formula is C25H52N4O4. The van der Waals surface area contributed by atoms with Crippen molar-refractivity contribution in [1.29, 1.82) is 0 Å². The second kappa shape index (κ2) is 23.2. The lowest BCUT2D eigenvalue weighted by Crippen LogP contribution is -2.44. The highest BCUT2D eigenvalue weighted by Crippen LogP contribution is 2.30. The number of rotatable bonds is 7. The van der Waals surface area contributed by atoms with Gasteiger partial charge < -0.3 is 21.7 Å². The third kappa shape index (κ3) is 19.2. The number of nitrogens with two attached hydrogens (primary N) is 2. The lowest BCUT2D eigenvalue weighted by Gasteiger charge is -2.28. The van der Waals surface area contributed by atoms with Crippen molar-refractivity contribution in [1.82, 2.24) is 10.2 Å². The zero-order chi connectivity index (χ0) is 26.4. The van der Waals surface area contributed by atoms with Gasteiger partial charge in [0.05, 0.1) is 12.6 Å². The van der Waals surface area contributed by atoms with Crippen LogP contribution in [-0.2, 0) is 19.2 Å². The summed E-state index contributed by atoms with van der Waals surface area (Å²) < 4.78 is 0. The standard InChI is InChI=1S/C9H14N2O3.C7H14N2O.C4H10.C3H8.C2H6/c10-9(14)8(13)7(11-5-12)4-6-2-1-3-6;1-6-3-2-4-9(6)7(10)5-8;1-4(2)3;1-3-2;1-2/h5-7H,1-4H2,(H2,10,14)(H,11,12);6H,2-5,8H2,1H3;4H,1-3H3;3H2,1-2H3;1-2H3. The Morgan fingerprint density at radius 3 is 1.82 bits per heavy atom. The zero-order valence-corrected chi connectivity index (χ0v) is 22.5. The molecule has 33 heavy (non-hydrogen) atoms. The second-order valence-corrected chi connectivity index (χ2v) is 8.82. The second-order valence-electron chi connectivity index (χ2n) is 8.82. The van der Waals surface area contributed by atoms with Gasteiger partial charge in [-0.15, -0.1) is 0 Å². The molecule has 2 rings (SSSR count). The lowest BCUT2D eigenvalue weighted by atomic mass is 9.80. The van der Waals surface area contributed by atoms with Crippen molar-refractivity contribution in [2.24, 2.45) is 23.3 Å². The predicted molar refractivity (Wildman–Crippen MR) is 136 cm³/mol. The summed E-state index contributed by atoms with van der Waals surface area (Å²) in [5.41, 5.74) is 10.1. The fourth-order valence-corrected chi connectivity index (χ4v) is 2.99. The molecule has 5 N–H and O–H groups in total. The van der Waals surface area contributed by atoms with E-state index < -0.39 is 17.7 Å². The molecule has 3 amide bonds. The van der Waals surface area contributed by atoms with Gasteiger partial charge in [0.1, 0.15) is 0 Å². The maximum Gasteiger partial charge on any atom is 0.287 e. The normalized spacial score (nSPS) is 17.2. The molecule has 1 heterocycles. The highest BCUT2D eigenvalue weighted by molar-refractivity contribution is 6.37. The molecule has 0 spiro atoms. The van der Waals surface area contributed by atoms with Gasteiger partial charge in [0.15, 0.2) is 0 Å². The smallest absolute Gasteiger partial charge is 0.287 e. The minimum atomic E-state index is -0.983. The Kier molecular flexibility index (Phi) is 25.1. The van der Waals surface area contributed by atoms with Gasteiger partial charge in [0, 0.05) is 12.6 Å². The number of nitrogens with one attached hydrogen (secondary N) is 1. The van der Waals surface area contributed by atoms with Crippen LogP contribution in [0, 0.1) is 11.8 Å². The van der Waals surface area contributed by atoms with Gasteiger partial charge in [0.2, 0.25) is 18.1 Å².